The Balaban J connectivity index is 0.00000144. The van der Waals surface area contributed by atoms with E-state index in [-0.39, 0.29) is 18.9 Å². The van der Waals surface area contributed by atoms with Gasteiger partial charge in [-0.3, -0.25) is 0 Å². The van der Waals surface area contributed by atoms with Gasteiger partial charge in [-0.15, -0.1) is 0 Å². The van der Waals surface area contributed by atoms with Gasteiger partial charge in [-0.1, -0.05) is 30.3 Å². The van der Waals surface area contributed by atoms with Crippen molar-refractivity contribution in [3.05, 3.63) is 41.7 Å². The Morgan fingerprint density at radius 3 is 2.31 bits per heavy atom. The number of aliphatic carboxylic acids is 1. The molecule has 0 unspecified atom stereocenters. The molecule has 0 N–H and O–H groups in total. The number of carbonyl (C=O) groups excluding carboxylic acids is 1. The summed E-state index contributed by atoms with van der Waals surface area (Å²) in [5.74, 6) is -3.06. The van der Waals surface area contributed by atoms with Crippen LogP contribution in [0, 0.1) is 0 Å². The Morgan fingerprint density at radius 2 is 1.85 bits per heavy atom. The second kappa shape index (κ2) is 5.58. The molecule has 0 saturated carbocycles. The van der Waals surface area contributed by atoms with Gasteiger partial charge in [-0.2, -0.15) is 0 Å². The fourth-order valence-electron chi connectivity index (χ4n) is 0.755. The minimum atomic E-state index is -1.79. The summed E-state index contributed by atoms with van der Waals surface area (Å²) in [5, 5.41) is 9.95. The molecule has 0 aliphatic heterocycles. The zero-order valence-corrected chi connectivity index (χ0v) is 7.16. The van der Waals surface area contributed by atoms with Crippen LogP contribution in [0.3, 0.4) is 0 Å². The molecular formula is C9H6FLiO2. The fourth-order valence-corrected chi connectivity index (χ4v) is 0.755. The van der Waals surface area contributed by atoms with Gasteiger partial charge in [0.2, 0.25) is 0 Å². The molecule has 0 radical (unpaired) electrons. The normalized spacial score (nSPS) is 10.4. The molecule has 0 fully saturated rings. The van der Waals surface area contributed by atoms with Gasteiger partial charge in [0.1, 0.15) is 11.8 Å². The van der Waals surface area contributed by atoms with E-state index in [2.05, 4.69) is 0 Å². The van der Waals surface area contributed by atoms with Gasteiger partial charge in [0, 0.05) is 0 Å². The van der Waals surface area contributed by atoms with Crippen molar-refractivity contribution in [2.75, 3.05) is 0 Å². The molecule has 1 aromatic rings. The van der Waals surface area contributed by atoms with Gasteiger partial charge < -0.3 is 9.90 Å². The Bertz CT molecular complexity index is 309. The maximum atomic E-state index is 12.4. The Morgan fingerprint density at radius 1 is 1.31 bits per heavy atom. The molecule has 0 saturated heterocycles. The van der Waals surface area contributed by atoms with Gasteiger partial charge in [-0.05, 0) is 11.6 Å². The minimum Gasteiger partial charge on any atom is -0.542 e. The molecule has 13 heavy (non-hydrogen) atoms. The number of hydrogen-bond donors (Lipinski definition) is 0. The van der Waals surface area contributed by atoms with Gasteiger partial charge >= 0.3 is 18.9 Å². The maximum absolute atomic E-state index is 12.4. The van der Waals surface area contributed by atoms with Crippen LogP contribution in [0.2, 0.25) is 0 Å². The molecule has 4 heteroatoms. The first kappa shape index (κ1) is 12.0. The number of benzene rings is 1. The molecule has 0 atom stereocenters. The summed E-state index contributed by atoms with van der Waals surface area (Å²) < 4.78 is 12.4. The van der Waals surface area contributed by atoms with Crippen molar-refractivity contribution in [3.8, 4) is 0 Å². The molecule has 0 aliphatic rings. The summed E-state index contributed by atoms with van der Waals surface area (Å²) >= 11 is 0. The van der Waals surface area contributed by atoms with Crippen LogP contribution in [0.25, 0.3) is 6.08 Å². The second-order valence-corrected chi connectivity index (χ2v) is 2.19. The average Bonchev–Trinajstić information content (AvgIpc) is 2.06. The summed E-state index contributed by atoms with van der Waals surface area (Å²) in [6, 6.07) is 8.34. The fraction of sp³-hybridized carbons (Fsp3) is 0. The van der Waals surface area contributed by atoms with Crippen molar-refractivity contribution in [2.24, 2.45) is 0 Å². The molecule has 0 aliphatic carbocycles. The third-order valence-electron chi connectivity index (χ3n) is 1.29. The van der Waals surface area contributed by atoms with Crippen LogP contribution in [0.1, 0.15) is 5.56 Å². The largest absolute Gasteiger partial charge is 1.00 e. The topological polar surface area (TPSA) is 40.1 Å². The van der Waals surface area contributed by atoms with E-state index in [4.69, 9.17) is 0 Å². The van der Waals surface area contributed by atoms with Gasteiger partial charge in [0.15, 0.2) is 0 Å². The van der Waals surface area contributed by atoms with E-state index in [1.54, 1.807) is 30.3 Å². The molecular weight excluding hydrogens is 166 g/mol. The van der Waals surface area contributed by atoms with E-state index in [9.17, 15) is 14.3 Å². The molecule has 1 rings (SSSR count). The summed E-state index contributed by atoms with van der Waals surface area (Å²) in [6.07, 6.45) is 0.912. The van der Waals surface area contributed by atoms with E-state index in [0.29, 0.717) is 5.56 Å². The number of carbonyl (C=O) groups is 1. The van der Waals surface area contributed by atoms with Gasteiger partial charge in [-0.25, -0.2) is 4.39 Å². The summed E-state index contributed by atoms with van der Waals surface area (Å²) in [4.78, 5) is 9.95. The van der Waals surface area contributed by atoms with Crippen molar-refractivity contribution in [2.45, 2.75) is 0 Å². The first-order valence-electron chi connectivity index (χ1n) is 3.34. The zero-order valence-electron chi connectivity index (χ0n) is 7.16. The molecule has 62 valence electrons. The standard InChI is InChI=1S/C9H7FO2.Li/c10-8(9(11)12)6-7-4-2-1-3-5-7;/h1-6H,(H,11,12);/q;+1/p-1. The molecule has 0 bridgehead atoms. The van der Waals surface area contributed by atoms with Crippen molar-refractivity contribution < 1.29 is 33.2 Å². The summed E-state index contributed by atoms with van der Waals surface area (Å²) in [7, 11) is 0. The van der Waals surface area contributed by atoms with Crippen LogP contribution in [-0.4, -0.2) is 5.97 Å². The van der Waals surface area contributed by atoms with Crippen LogP contribution in [0.4, 0.5) is 4.39 Å². The predicted molar refractivity (Wildman–Crippen MR) is 40.5 cm³/mol. The number of hydrogen-bond acceptors (Lipinski definition) is 2. The Kier molecular flexibility index (Phi) is 5.13. The minimum absolute atomic E-state index is 0. The Labute approximate surface area is 87.3 Å². The van der Waals surface area contributed by atoms with E-state index in [1.807, 2.05) is 0 Å². The van der Waals surface area contributed by atoms with Crippen molar-refractivity contribution in [1.29, 1.82) is 0 Å². The number of carboxylic acids is 1. The molecule has 0 heterocycles. The maximum Gasteiger partial charge on any atom is 1.00 e. The molecule has 0 amide bonds. The smallest absolute Gasteiger partial charge is 0.542 e. The second-order valence-electron chi connectivity index (χ2n) is 2.19. The predicted octanol–water partition coefficient (Wildman–Crippen LogP) is -2.25. The van der Waals surface area contributed by atoms with Crippen LogP contribution in [0.5, 0.6) is 0 Å². The van der Waals surface area contributed by atoms with Gasteiger partial charge in [0.25, 0.3) is 0 Å². The first-order chi connectivity index (χ1) is 5.70. The average molecular weight is 172 g/mol. The number of rotatable bonds is 2. The van der Waals surface area contributed by atoms with Crippen LogP contribution >= 0.6 is 0 Å². The SMILES string of the molecule is O=C([O-])C(F)=Cc1ccccc1.[Li+]. The van der Waals surface area contributed by atoms with E-state index < -0.39 is 11.8 Å². The van der Waals surface area contributed by atoms with Crippen LogP contribution in [-0.2, 0) is 4.79 Å². The van der Waals surface area contributed by atoms with E-state index >= 15 is 0 Å². The monoisotopic (exact) mass is 172 g/mol. The molecule has 0 spiro atoms. The zero-order chi connectivity index (χ0) is 8.97. The van der Waals surface area contributed by atoms with Crippen LogP contribution in [0.15, 0.2) is 36.2 Å². The van der Waals surface area contributed by atoms with Gasteiger partial charge in [0.05, 0.1) is 0 Å². The third kappa shape index (κ3) is 3.93. The third-order valence-corrected chi connectivity index (χ3v) is 1.29. The number of carboxylic acid groups (broad SMARTS) is 1. The summed E-state index contributed by atoms with van der Waals surface area (Å²) in [5.41, 5.74) is 0.499. The van der Waals surface area contributed by atoms with Crippen molar-refractivity contribution in [1.82, 2.24) is 0 Å². The van der Waals surface area contributed by atoms with E-state index in [0.717, 1.165) is 6.08 Å². The first-order valence-corrected chi connectivity index (χ1v) is 3.34. The molecule has 2 nitrogen and oxygen atoms in total. The van der Waals surface area contributed by atoms with Crippen LogP contribution < -0.4 is 24.0 Å². The summed E-state index contributed by atoms with van der Waals surface area (Å²) in [6.45, 7) is 0. The molecule has 1 aromatic carbocycles. The molecule has 0 aromatic heterocycles. The van der Waals surface area contributed by atoms with Crippen molar-refractivity contribution in [3.63, 3.8) is 0 Å². The number of halogens is 1. The quantitative estimate of drug-likeness (QED) is 0.373. The van der Waals surface area contributed by atoms with Crippen molar-refractivity contribution >= 4 is 12.0 Å². The van der Waals surface area contributed by atoms with E-state index in [1.165, 1.54) is 0 Å². The Hall–Kier alpha value is -1.04.